The largest absolute Gasteiger partial charge is 0.416 e. The summed E-state index contributed by atoms with van der Waals surface area (Å²) in [6.07, 6.45) is -2.79. The van der Waals surface area contributed by atoms with Gasteiger partial charge in [0.1, 0.15) is 0 Å². The molecule has 0 fully saturated rings. The molecule has 0 saturated heterocycles. The van der Waals surface area contributed by atoms with Crippen molar-refractivity contribution in [3.63, 3.8) is 0 Å². The fourth-order valence-corrected chi connectivity index (χ4v) is 2.13. The number of nitrogens with zero attached hydrogens (tertiary/aromatic N) is 1. The molecule has 2 aromatic rings. The van der Waals surface area contributed by atoms with E-state index in [1.165, 1.54) is 30.5 Å². The standard InChI is InChI=1S/C15H13F3N2O/c1-2-9-5-6-10(8-12(9)15(16,17)18)13-11(14(19)21)4-3-7-20-13/h3-8H,2H2,1H3,(H2,19,21). The van der Waals surface area contributed by atoms with Gasteiger partial charge in [0.05, 0.1) is 16.8 Å². The van der Waals surface area contributed by atoms with Crippen LogP contribution in [0.2, 0.25) is 0 Å². The average Bonchev–Trinajstić information content (AvgIpc) is 2.45. The van der Waals surface area contributed by atoms with Crippen LogP contribution in [0.5, 0.6) is 0 Å². The minimum absolute atomic E-state index is 0.0925. The number of benzene rings is 1. The molecule has 0 aliphatic rings. The monoisotopic (exact) mass is 294 g/mol. The SMILES string of the molecule is CCc1ccc(-c2ncccc2C(N)=O)cc1C(F)(F)F. The van der Waals surface area contributed by atoms with E-state index in [2.05, 4.69) is 4.98 Å². The van der Waals surface area contributed by atoms with Gasteiger partial charge in [-0.25, -0.2) is 0 Å². The number of pyridine rings is 1. The van der Waals surface area contributed by atoms with Gasteiger partial charge >= 0.3 is 6.18 Å². The van der Waals surface area contributed by atoms with E-state index < -0.39 is 17.6 Å². The van der Waals surface area contributed by atoms with Crippen LogP contribution in [0.25, 0.3) is 11.3 Å². The van der Waals surface area contributed by atoms with Crippen LogP contribution < -0.4 is 5.73 Å². The lowest BCUT2D eigenvalue weighted by molar-refractivity contribution is -0.138. The predicted octanol–water partition coefficient (Wildman–Crippen LogP) is 3.43. The number of aromatic nitrogens is 1. The summed E-state index contributed by atoms with van der Waals surface area (Å²) in [7, 11) is 0. The second-order valence-corrected chi connectivity index (χ2v) is 4.49. The summed E-state index contributed by atoms with van der Waals surface area (Å²) >= 11 is 0. The molecule has 0 saturated carbocycles. The Morgan fingerprint density at radius 3 is 2.57 bits per heavy atom. The van der Waals surface area contributed by atoms with Crippen LogP contribution in [0.1, 0.15) is 28.4 Å². The normalized spacial score (nSPS) is 11.4. The van der Waals surface area contributed by atoms with Gasteiger partial charge in [0.2, 0.25) is 0 Å². The molecule has 6 heteroatoms. The molecule has 1 aromatic carbocycles. The lowest BCUT2D eigenvalue weighted by atomic mass is 9.98. The van der Waals surface area contributed by atoms with Gasteiger partial charge in [-0.05, 0) is 30.2 Å². The Morgan fingerprint density at radius 1 is 1.29 bits per heavy atom. The molecule has 1 amide bonds. The molecule has 0 unspecified atom stereocenters. The maximum absolute atomic E-state index is 13.1. The van der Waals surface area contributed by atoms with E-state index in [1.54, 1.807) is 6.92 Å². The summed E-state index contributed by atoms with van der Waals surface area (Å²) in [6.45, 7) is 1.65. The zero-order chi connectivity index (χ0) is 15.6. The number of alkyl halides is 3. The van der Waals surface area contributed by atoms with Crippen molar-refractivity contribution in [1.29, 1.82) is 0 Å². The van der Waals surface area contributed by atoms with Crippen molar-refractivity contribution in [3.8, 4) is 11.3 Å². The van der Waals surface area contributed by atoms with Crippen molar-refractivity contribution < 1.29 is 18.0 Å². The minimum atomic E-state index is -4.46. The highest BCUT2D eigenvalue weighted by Crippen LogP contribution is 2.35. The van der Waals surface area contributed by atoms with E-state index in [4.69, 9.17) is 5.73 Å². The van der Waals surface area contributed by atoms with E-state index in [-0.39, 0.29) is 28.8 Å². The summed E-state index contributed by atoms with van der Waals surface area (Å²) in [5.41, 5.74) is 5.17. The molecular formula is C15H13F3N2O. The smallest absolute Gasteiger partial charge is 0.366 e. The molecule has 0 bridgehead atoms. The second-order valence-electron chi connectivity index (χ2n) is 4.49. The fourth-order valence-electron chi connectivity index (χ4n) is 2.13. The van der Waals surface area contributed by atoms with Crippen LogP contribution in [0.4, 0.5) is 13.2 Å². The van der Waals surface area contributed by atoms with Gasteiger partial charge in [-0.15, -0.1) is 0 Å². The Labute approximate surface area is 119 Å². The summed E-state index contributed by atoms with van der Waals surface area (Å²) in [5, 5.41) is 0. The van der Waals surface area contributed by atoms with E-state index in [0.717, 1.165) is 6.07 Å². The first-order valence-corrected chi connectivity index (χ1v) is 6.30. The molecule has 1 heterocycles. The molecule has 0 atom stereocenters. The van der Waals surface area contributed by atoms with Crippen molar-refractivity contribution in [1.82, 2.24) is 4.98 Å². The molecule has 0 aliphatic heterocycles. The van der Waals surface area contributed by atoms with Gasteiger partial charge < -0.3 is 5.73 Å². The number of carbonyl (C=O) groups is 1. The first-order valence-electron chi connectivity index (χ1n) is 6.30. The first-order chi connectivity index (χ1) is 9.84. The third-order valence-electron chi connectivity index (χ3n) is 3.14. The van der Waals surface area contributed by atoms with Crippen molar-refractivity contribution in [2.24, 2.45) is 5.73 Å². The lowest BCUT2D eigenvalue weighted by Gasteiger charge is -2.14. The number of hydrogen-bond acceptors (Lipinski definition) is 2. The minimum Gasteiger partial charge on any atom is -0.366 e. The predicted molar refractivity (Wildman–Crippen MR) is 72.6 cm³/mol. The van der Waals surface area contributed by atoms with Crippen LogP contribution >= 0.6 is 0 Å². The van der Waals surface area contributed by atoms with Crippen LogP contribution in [0.15, 0.2) is 36.5 Å². The maximum atomic E-state index is 13.1. The Balaban J connectivity index is 2.64. The first kappa shape index (κ1) is 15.0. The van der Waals surface area contributed by atoms with E-state index in [1.807, 2.05) is 0 Å². The number of hydrogen-bond donors (Lipinski definition) is 1. The highest BCUT2D eigenvalue weighted by atomic mass is 19.4. The van der Waals surface area contributed by atoms with Gasteiger partial charge in [0.25, 0.3) is 5.91 Å². The zero-order valence-electron chi connectivity index (χ0n) is 11.2. The molecule has 21 heavy (non-hydrogen) atoms. The van der Waals surface area contributed by atoms with Gasteiger partial charge in [0, 0.05) is 11.8 Å². The summed E-state index contributed by atoms with van der Waals surface area (Å²) in [5.74, 6) is -0.730. The second kappa shape index (κ2) is 5.55. The average molecular weight is 294 g/mol. The number of nitrogens with two attached hydrogens (primary N) is 1. The molecule has 1 aromatic heterocycles. The van der Waals surface area contributed by atoms with E-state index in [0.29, 0.717) is 0 Å². The Bertz CT molecular complexity index is 681. The van der Waals surface area contributed by atoms with Crippen molar-refractivity contribution >= 4 is 5.91 Å². The number of primary amides is 1. The molecule has 110 valence electrons. The van der Waals surface area contributed by atoms with Crippen LogP contribution in [-0.4, -0.2) is 10.9 Å². The number of halogens is 3. The molecule has 0 spiro atoms. The fraction of sp³-hybridized carbons (Fsp3) is 0.200. The number of carbonyl (C=O) groups excluding carboxylic acids is 1. The van der Waals surface area contributed by atoms with Gasteiger partial charge in [0.15, 0.2) is 0 Å². The molecule has 2 rings (SSSR count). The summed E-state index contributed by atoms with van der Waals surface area (Å²) < 4.78 is 39.2. The van der Waals surface area contributed by atoms with Crippen LogP contribution in [0, 0.1) is 0 Å². The van der Waals surface area contributed by atoms with E-state index >= 15 is 0 Å². The lowest BCUT2D eigenvalue weighted by Crippen LogP contribution is -2.14. The quantitative estimate of drug-likeness (QED) is 0.943. The molecular weight excluding hydrogens is 281 g/mol. The molecule has 0 radical (unpaired) electrons. The Kier molecular flexibility index (Phi) is 3.97. The van der Waals surface area contributed by atoms with E-state index in [9.17, 15) is 18.0 Å². The van der Waals surface area contributed by atoms with Crippen molar-refractivity contribution in [2.45, 2.75) is 19.5 Å². The number of rotatable bonds is 3. The topological polar surface area (TPSA) is 56.0 Å². The molecule has 0 aliphatic carbocycles. The third-order valence-corrected chi connectivity index (χ3v) is 3.14. The Hall–Kier alpha value is -2.37. The van der Waals surface area contributed by atoms with Gasteiger partial charge in [-0.3, -0.25) is 9.78 Å². The highest BCUT2D eigenvalue weighted by molar-refractivity contribution is 5.98. The molecule has 2 N–H and O–H groups in total. The van der Waals surface area contributed by atoms with Gasteiger partial charge in [-0.1, -0.05) is 19.1 Å². The number of amides is 1. The van der Waals surface area contributed by atoms with Crippen LogP contribution in [-0.2, 0) is 12.6 Å². The maximum Gasteiger partial charge on any atom is 0.416 e. The van der Waals surface area contributed by atoms with Crippen LogP contribution in [0.3, 0.4) is 0 Å². The molecule has 3 nitrogen and oxygen atoms in total. The number of aryl methyl sites for hydroxylation is 1. The summed E-state index contributed by atoms with van der Waals surface area (Å²) in [4.78, 5) is 15.3. The van der Waals surface area contributed by atoms with Crippen molar-refractivity contribution in [3.05, 3.63) is 53.2 Å². The Morgan fingerprint density at radius 2 is 2.00 bits per heavy atom. The third kappa shape index (κ3) is 3.04. The summed E-state index contributed by atoms with van der Waals surface area (Å²) in [6, 6.07) is 6.87. The van der Waals surface area contributed by atoms with Gasteiger partial charge in [-0.2, -0.15) is 13.2 Å². The van der Waals surface area contributed by atoms with Crippen molar-refractivity contribution in [2.75, 3.05) is 0 Å². The highest BCUT2D eigenvalue weighted by Gasteiger charge is 2.33. The zero-order valence-corrected chi connectivity index (χ0v) is 11.2.